The minimum absolute atomic E-state index is 0.105. The van der Waals surface area contributed by atoms with Gasteiger partial charge in [0.25, 0.3) is 0 Å². The highest BCUT2D eigenvalue weighted by molar-refractivity contribution is 7.91. The Labute approximate surface area is 125 Å². The zero-order valence-corrected chi connectivity index (χ0v) is 14.9. The molecule has 1 fully saturated rings. The molecule has 0 aliphatic heterocycles. The largest absolute Gasteiger partial charge is 0.312 e. The van der Waals surface area contributed by atoms with E-state index in [0.29, 0.717) is 17.8 Å². The molecule has 4 heteroatoms. The highest BCUT2D eigenvalue weighted by Crippen LogP contribution is 2.36. The first kappa shape index (κ1) is 18.0. The highest BCUT2D eigenvalue weighted by Gasteiger charge is 2.33. The van der Waals surface area contributed by atoms with E-state index in [0.717, 1.165) is 25.8 Å². The second-order valence-corrected chi connectivity index (χ2v) is 10.2. The average molecular weight is 304 g/mol. The first-order valence-corrected chi connectivity index (χ1v) is 9.90. The van der Waals surface area contributed by atoms with Gasteiger partial charge in [0.2, 0.25) is 0 Å². The molecule has 0 aromatic carbocycles. The van der Waals surface area contributed by atoms with E-state index < -0.39 is 9.84 Å². The molecule has 4 unspecified atom stereocenters. The lowest BCUT2D eigenvalue weighted by molar-refractivity contribution is 0.194. The van der Waals surface area contributed by atoms with Crippen LogP contribution in [0.15, 0.2) is 0 Å². The van der Waals surface area contributed by atoms with Gasteiger partial charge in [-0.2, -0.15) is 0 Å². The molecule has 1 aliphatic carbocycles. The number of hydrogen-bond acceptors (Lipinski definition) is 3. The fourth-order valence-electron chi connectivity index (χ4n) is 3.17. The van der Waals surface area contributed by atoms with Crippen LogP contribution in [0.25, 0.3) is 0 Å². The SMILES string of the molecule is CC(CNC(C)(C)C)C(C)C1CCCC(S(C)(=O)=O)C1. The lowest BCUT2D eigenvalue weighted by Crippen LogP contribution is -2.41. The monoisotopic (exact) mass is 303 g/mol. The molecule has 0 radical (unpaired) electrons. The molecule has 0 aromatic rings. The number of nitrogens with one attached hydrogen (secondary N) is 1. The zero-order chi connectivity index (χ0) is 15.6. The summed E-state index contributed by atoms with van der Waals surface area (Å²) in [4.78, 5) is 0. The lowest BCUT2D eigenvalue weighted by Gasteiger charge is -2.36. The summed E-state index contributed by atoms with van der Waals surface area (Å²) in [6, 6.07) is 0. The van der Waals surface area contributed by atoms with Crippen molar-refractivity contribution < 1.29 is 8.42 Å². The minimum Gasteiger partial charge on any atom is -0.312 e. The fourth-order valence-corrected chi connectivity index (χ4v) is 4.36. The lowest BCUT2D eigenvalue weighted by atomic mass is 9.75. The molecule has 3 nitrogen and oxygen atoms in total. The Balaban J connectivity index is 2.56. The first-order chi connectivity index (χ1) is 9.00. The maximum absolute atomic E-state index is 11.8. The number of sulfone groups is 1. The summed E-state index contributed by atoms with van der Waals surface area (Å²) < 4.78 is 23.5. The Bertz CT molecular complexity index is 397. The van der Waals surface area contributed by atoms with Gasteiger partial charge in [0.05, 0.1) is 5.25 Å². The maximum atomic E-state index is 11.8. The third-order valence-corrected chi connectivity index (χ3v) is 6.51. The van der Waals surface area contributed by atoms with Gasteiger partial charge in [-0.05, 0) is 57.9 Å². The van der Waals surface area contributed by atoms with Crippen LogP contribution in [-0.4, -0.2) is 32.0 Å². The normalized spacial score (nSPS) is 28.1. The average Bonchev–Trinajstić information content (AvgIpc) is 2.33. The van der Waals surface area contributed by atoms with Crippen molar-refractivity contribution in [1.82, 2.24) is 5.32 Å². The van der Waals surface area contributed by atoms with Gasteiger partial charge in [-0.1, -0.05) is 26.7 Å². The molecule has 1 N–H and O–H groups in total. The van der Waals surface area contributed by atoms with E-state index in [-0.39, 0.29) is 10.8 Å². The van der Waals surface area contributed by atoms with Crippen molar-refractivity contribution in [2.75, 3.05) is 12.8 Å². The van der Waals surface area contributed by atoms with Crippen LogP contribution in [0.5, 0.6) is 0 Å². The quantitative estimate of drug-likeness (QED) is 0.848. The van der Waals surface area contributed by atoms with Gasteiger partial charge in [-0.3, -0.25) is 0 Å². The van der Waals surface area contributed by atoms with Crippen LogP contribution in [0.1, 0.15) is 60.3 Å². The van der Waals surface area contributed by atoms with E-state index in [4.69, 9.17) is 0 Å². The van der Waals surface area contributed by atoms with Crippen LogP contribution in [0.3, 0.4) is 0 Å². The Kier molecular flexibility index (Phi) is 6.09. The van der Waals surface area contributed by atoms with Gasteiger partial charge in [0, 0.05) is 11.8 Å². The minimum atomic E-state index is -2.87. The van der Waals surface area contributed by atoms with E-state index >= 15 is 0 Å². The summed E-state index contributed by atoms with van der Waals surface area (Å²) in [5, 5.41) is 3.46. The second-order valence-electron chi connectivity index (χ2n) is 7.85. The van der Waals surface area contributed by atoms with Crippen LogP contribution < -0.4 is 5.32 Å². The van der Waals surface area contributed by atoms with Gasteiger partial charge in [-0.15, -0.1) is 0 Å². The predicted octanol–water partition coefficient (Wildman–Crippen LogP) is 3.25. The summed E-state index contributed by atoms with van der Waals surface area (Å²) in [5.74, 6) is 1.71. The molecule has 1 rings (SSSR count). The molecule has 4 atom stereocenters. The molecule has 1 aliphatic rings. The van der Waals surface area contributed by atoms with E-state index in [2.05, 4.69) is 39.9 Å². The van der Waals surface area contributed by atoms with E-state index in [1.807, 2.05) is 0 Å². The van der Waals surface area contributed by atoms with Gasteiger partial charge in [0.15, 0.2) is 0 Å². The molecule has 120 valence electrons. The predicted molar refractivity (Wildman–Crippen MR) is 86.7 cm³/mol. The van der Waals surface area contributed by atoms with Crippen molar-refractivity contribution in [2.24, 2.45) is 17.8 Å². The van der Waals surface area contributed by atoms with Gasteiger partial charge >= 0.3 is 0 Å². The molecule has 0 aromatic heterocycles. The van der Waals surface area contributed by atoms with Gasteiger partial charge < -0.3 is 5.32 Å². The second kappa shape index (κ2) is 6.78. The molecule has 0 bridgehead atoms. The Morgan fingerprint density at radius 1 is 1.20 bits per heavy atom. The fraction of sp³-hybridized carbons (Fsp3) is 1.00. The number of rotatable bonds is 5. The van der Waals surface area contributed by atoms with E-state index in [9.17, 15) is 8.42 Å². The van der Waals surface area contributed by atoms with Crippen molar-refractivity contribution in [3.05, 3.63) is 0 Å². The van der Waals surface area contributed by atoms with E-state index in [1.165, 1.54) is 12.7 Å². The van der Waals surface area contributed by atoms with Crippen LogP contribution in [0.2, 0.25) is 0 Å². The summed E-state index contributed by atoms with van der Waals surface area (Å²) in [6.07, 6.45) is 5.37. The van der Waals surface area contributed by atoms with Crippen molar-refractivity contribution in [1.29, 1.82) is 0 Å². The van der Waals surface area contributed by atoms with Crippen LogP contribution in [-0.2, 0) is 9.84 Å². The molecule has 0 amide bonds. The summed E-state index contributed by atoms with van der Waals surface area (Å²) in [6.45, 7) is 12.1. The van der Waals surface area contributed by atoms with Gasteiger partial charge in [-0.25, -0.2) is 8.42 Å². The van der Waals surface area contributed by atoms with Crippen LogP contribution in [0.4, 0.5) is 0 Å². The Morgan fingerprint density at radius 2 is 1.80 bits per heavy atom. The summed E-state index contributed by atoms with van der Waals surface area (Å²) in [7, 11) is -2.87. The van der Waals surface area contributed by atoms with Crippen molar-refractivity contribution in [3.63, 3.8) is 0 Å². The summed E-state index contributed by atoms with van der Waals surface area (Å²) >= 11 is 0. The maximum Gasteiger partial charge on any atom is 0.150 e. The third-order valence-electron chi connectivity index (χ3n) is 4.87. The van der Waals surface area contributed by atoms with Crippen LogP contribution in [0, 0.1) is 17.8 Å². The molecule has 0 heterocycles. The highest BCUT2D eigenvalue weighted by atomic mass is 32.2. The van der Waals surface area contributed by atoms with Gasteiger partial charge in [0.1, 0.15) is 9.84 Å². The van der Waals surface area contributed by atoms with E-state index in [1.54, 1.807) is 0 Å². The Hall–Kier alpha value is -0.0900. The number of hydrogen-bond donors (Lipinski definition) is 1. The van der Waals surface area contributed by atoms with Crippen molar-refractivity contribution >= 4 is 9.84 Å². The summed E-state index contributed by atoms with van der Waals surface area (Å²) in [5.41, 5.74) is 0.149. The first-order valence-electron chi connectivity index (χ1n) is 7.94. The topological polar surface area (TPSA) is 46.2 Å². The molecule has 20 heavy (non-hydrogen) atoms. The molecule has 0 saturated heterocycles. The third kappa shape index (κ3) is 5.72. The Morgan fingerprint density at radius 3 is 2.30 bits per heavy atom. The molecule has 1 saturated carbocycles. The zero-order valence-electron chi connectivity index (χ0n) is 14.1. The molecular formula is C16H33NO2S. The molecular weight excluding hydrogens is 270 g/mol. The standard InChI is InChI=1S/C16H33NO2S/c1-12(11-17-16(3,4)5)13(2)14-8-7-9-15(10-14)20(6,18)19/h12-15,17H,7-11H2,1-6H3. The smallest absolute Gasteiger partial charge is 0.150 e. The van der Waals surface area contributed by atoms with Crippen molar-refractivity contribution in [2.45, 2.75) is 71.1 Å². The van der Waals surface area contributed by atoms with Crippen molar-refractivity contribution in [3.8, 4) is 0 Å². The molecule has 0 spiro atoms. The van der Waals surface area contributed by atoms with Crippen LogP contribution >= 0.6 is 0 Å².